The summed E-state index contributed by atoms with van der Waals surface area (Å²) < 4.78 is 25.9. The van der Waals surface area contributed by atoms with Gasteiger partial charge in [-0.15, -0.1) is 0 Å². The van der Waals surface area contributed by atoms with Crippen molar-refractivity contribution in [3.63, 3.8) is 0 Å². The van der Waals surface area contributed by atoms with E-state index in [0.29, 0.717) is 0 Å². The Morgan fingerprint density at radius 2 is 1.29 bits per heavy atom. The topological polar surface area (TPSA) is 153 Å². The molecule has 0 N–H and O–H groups in total. The second-order valence-electron chi connectivity index (χ2n) is 7.19. The summed E-state index contributed by atoms with van der Waals surface area (Å²) in [5.74, 6) is -3.97. The third kappa shape index (κ3) is 12.2. The third-order valence-electron chi connectivity index (χ3n) is 4.04. The molecule has 4 atom stereocenters. The number of rotatable bonds is 13. The lowest BCUT2D eigenvalue weighted by atomic mass is 10.0. The van der Waals surface area contributed by atoms with E-state index in [4.69, 9.17) is 28.5 Å². The van der Waals surface area contributed by atoms with Gasteiger partial charge in [-0.3, -0.25) is 24.0 Å². The van der Waals surface area contributed by atoms with Gasteiger partial charge in [-0.1, -0.05) is 35.5 Å². The first-order valence-electron chi connectivity index (χ1n) is 10.5. The average Bonchev–Trinajstić information content (AvgIpc) is 2.75. The standard InChI is InChI=1S/C23H29NO11/c1-14(25)30-13-21(33-16(3)27)23(35-18(5)29)22(34-17(4)28)20(32-15(2)26)11-24-31-12-19-9-7-6-8-10-19/h6-11,20-23H,12-13H2,1-5H3/b24-11+. The zero-order valence-corrected chi connectivity index (χ0v) is 20.1. The van der Waals surface area contributed by atoms with E-state index >= 15 is 0 Å². The highest BCUT2D eigenvalue weighted by molar-refractivity contribution is 5.74. The quantitative estimate of drug-likeness (QED) is 0.169. The van der Waals surface area contributed by atoms with Crippen LogP contribution in [0.25, 0.3) is 0 Å². The molecule has 0 saturated heterocycles. The molecule has 0 aliphatic carbocycles. The zero-order valence-electron chi connectivity index (χ0n) is 20.1. The molecule has 0 fully saturated rings. The number of benzene rings is 1. The van der Waals surface area contributed by atoms with Crippen molar-refractivity contribution >= 4 is 36.1 Å². The molecule has 0 amide bonds. The molecule has 35 heavy (non-hydrogen) atoms. The zero-order chi connectivity index (χ0) is 26.4. The van der Waals surface area contributed by atoms with Gasteiger partial charge >= 0.3 is 29.8 Å². The molecule has 0 spiro atoms. The van der Waals surface area contributed by atoms with Gasteiger partial charge in [0.25, 0.3) is 0 Å². The van der Waals surface area contributed by atoms with E-state index in [1.54, 1.807) is 12.1 Å². The van der Waals surface area contributed by atoms with E-state index in [0.717, 1.165) is 46.4 Å². The molecule has 0 aliphatic rings. The maximum Gasteiger partial charge on any atom is 0.303 e. The van der Waals surface area contributed by atoms with E-state index in [2.05, 4.69) is 5.16 Å². The van der Waals surface area contributed by atoms with Crippen LogP contribution < -0.4 is 0 Å². The van der Waals surface area contributed by atoms with Crippen molar-refractivity contribution in [1.82, 2.24) is 0 Å². The average molecular weight is 495 g/mol. The lowest BCUT2D eigenvalue weighted by Gasteiger charge is -2.34. The highest BCUT2D eigenvalue weighted by Crippen LogP contribution is 2.20. The molecule has 0 heterocycles. The monoisotopic (exact) mass is 495 g/mol. The van der Waals surface area contributed by atoms with Gasteiger partial charge in [0.05, 0.1) is 6.21 Å². The molecule has 1 aromatic carbocycles. The largest absolute Gasteiger partial charge is 0.462 e. The molecule has 0 radical (unpaired) electrons. The molecule has 12 nitrogen and oxygen atoms in total. The minimum atomic E-state index is -1.55. The summed E-state index contributed by atoms with van der Waals surface area (Å²) in [4.78, 5) is 63.8. The summed E-state index contributed by atoms with van der Waals surface area (Å²) in [5.41, 5.74) is 0.805. The van der Waals surface area contributed by atoms with Crippen LogP contribution in [0.15, 0.2) is 35.5 Å². The Bertz CT molecular complexity index is 900. The van der Waals surface area contributed by atoms with Crippen molar-refractivity contribution in [1.29, 1.82) is 0 Å². The summed E-state index contributed by atoms with van der Waals surface area (Å²) >= 11 is 0. The maximum atomic E-state index is 11.9. The van der Waals surface area contributed by atoms with Crippen LogP contribution in [0.5, 0.6) is 0 Å². The van der Waals surface area contributed by atoms with Crippen LogP contribution in [0.4, 0.5) is 0 Å². The molecular weight excluding hydrogens is 466 g/mol. The second-order valence-corrected chi connectivity index (χ2v) is 7.19. The molecule has 1 rings (SSSR count). The Morgan fingerprint density at radius 1 is 0.743 bits per heavy atom. The predicted molar refractivity (Wildman–Crippen MR) is 119 cm³/mol. The minimum absolute atomic E-state index is 0.0816. The molecule has 1 aromatic rings. The molecule has 192 valence electrons. The van der Waals surface area contributed by atoms with Crippen LogP contribution in [0.2, 0.25) is 0 Å². The van der Waals surface area contributed by atoms with Gasteiger partial charge in [-0.2, -0.15) is 0 Å². The summed E-state index contributed by atoms with van der Waals surface area (Å²) in [6.07, 6.45) is -4.92. The Balaban J connectivity index is 3.31. The second kappa shape index (κ2) is 15.0. The fourth-order valence-electron chi connectivity index (χ4n) is 2.83. The van der Waals surface area contributed by atoms with E-state index in [9.17, 15) is 24.0 Å². The van der Waals surface area contributed by atoms with Crippen molar-refractivity contribution in [3.8, 4) is 0 Å². The van der Waals surface area contributed by atoms with Crippen molar-refractivity contribution in [2.45, 2.75) is 65.6 Å². The molecular formula is C23H29NO11. The van der Waals surface area contributed by atoms with E-state index in [1.807, 2.05) is 18.2 Å². The van der Waals surface area contributed by atoms with Crippen molar-refractivity contribution in [3.05, 3.63) is 35.9 Å². The van der Waals surface area contributed by atoms with Gasteiger partial charge in [-0.25, -0.2) is 0 Å². The van der Waals surface area contributed by atoms with Crippen LogP contribution in [-0.4, -0.2) is 67.1 Å². The van der Waals surface area contributed by atoms with Gasteiger partial charge < -0.3 is 28.5 Å². The van der Waals surface area contributed by atoms with Crippen LogP contribution in [0.1, 0.15) is 40.2 Å². The van der Waals surface area contributed by atoms with Crippen LogP contribution >= 0.6 is 0 Å². The number of carbonyl (C=O) groups excluding carboxylic acids is 5. The minimum Gasteiger partial charge on any atom is -0.462 e. The lowest BCUT2D eigenvalue weighted by Crippen LogP contribution is -2.53. The number of nitrogens with zero attached hydrogens (tertiary/aromatic N) is 1. The number of oxime groups is 1. The third-order valence-corrected chi connectivity index (χ3v) is 4.04. The summed E-state index contributed by atoms with van der Waals surface area (Å²) in [6.45, 7) is 4.96. The lowest BCUT2D eigenvalue weighted by molar-refractivity contribution is -0.197. The highest BCUT2D eigenvalue weighted by Gasteiger charge is 2.43. The van der Waals surface area contributed by atoms with Crippen molar-refractivity contribution in [2.75, 3.05) is 6.61 Å². The van der Waals surface area contributed by atoms with Crippen LogP contribution in [-0.2, 0) is 59.1 Å². The normalized spacial score (nSPS) is 14.1. The van der Waals surface area contributed by atoms with E-state index in [-0.39, 0.29) is 6.61 Å². The predicted octanol–water partition coefficient (Wildman–Crippen LogP) is 1.48. The summed E-state index contributed by atoms with van der Waals surface area (Å²) in [5, 5.41) is 3.78. The first-order chi connectivity index (χ1) is 16.5. The molecule has 0 bridgehead atoms. The molecule has 0 saturated carbocycles. The van der Waals surface area contributed by atoms with Crippen LogP contribution in [0, 0.1) is 0 Å². The number of esters is 5. The molecule has 4 unspecified atom stereocenters. The Morgan fingerprint density at radius 3 is 1.80 bits per heavy atom. The summed E-state index contributed by atoms with van der Waals surface area (Å²) in [7, 11) is 0. The number of hydrogen-bond acceptors (Lipinski definition) is 12. The smallest absolute Gasteiger partial charge is 0.303 e. The van der Waals surface area contributed by atoms with Crippen molar-refractivity contribution < 1.29 is 52.5 Å². The van der Waals surface area contributed by atoms with Gasteiger partial charge in [0, 0.05) is 34.6 Å². The maximum absolute atomic E-state index is 11.9. The Kier molecular flexibility index (Phi) is 12.5. The SMILES string of the molecule is CC(=O)OCC(OC(C)=O)C(OC(C)=O)C(OC(C)=O)C(/C=N/OCc1ccccc1)OC(C)=O. The molecule has 0 aliphatic heterocycles. The van der Waals surface area contributed by atoms with E-state index in [1.165, 1.54) is 0 Å². The molecule has 0 aromatic heterocycles. The van der Waals surface area contributed by atoms with Crippen LogP contribution in [0.3, 0.4) is 0 Å². The van der Waals surface area contributed by atoms with Gasteiger partial charge in [0.2, 0.25) is 0 Å². The Labute approximate surface area is 202 Å². The van der Waals surface area contributed by atoms with Gasteiger partial charge in [-0.05, 0) is 5.56 Å². The highest BCUT2D eigenvalue weighted by atomic mass is 16.6. The van der Waals surface area contributed by atoms with E-state index < -0.39 is 60.9 Å². The fraction of sp³-hybridized carbons (Fsp3) is 0.478. The molecule has 12 heteroatoms. The number of ether oxygens (including phenoxy) is 5. The van der Waals surface area contributed by atoms with Gasteiger partial charge in [0.1, 0.15) is 13.2 Å². The first kappa shape index (κ1) is 29.1. The van der Waals surface area contributed by atoms with Crippen molar-refractivity contribution in [2.24, 2.45) is 5.16 Å². The first-order valence-corrected chi connectivity index (χ1v) is 10.5. The van der Waals surface area contributed by atoms with Gasteiger partial charge in [0.15, 0.2) is 24.4 Å². The Hall–Kier alpha value is -3.96. The fourth-order valence-corrected chi connectivity index (χ4v) is 2.83. The summed E-state index contributed by atoms with van der Waals surface area (Å²) in [6, 6.07) is 9.05. The number of hydrogen-bond donors (Lipinski definition) is 0. The number of carbonyl (C=O) groups is 5.